The van der Waals surface area contributed by atoms with Gasteiger partial charge in [-0.15, -0.1) is 0 Å². The molecule has 4 saturated carbocycles. The number of carbonyl (C=O) groups is 1. The number of hydrogen-bond donors (Lipinski definition) is 1. The van der Waals surface area contributed by atoms with Crippen LogP contribution in [0.25, 0.3) is 0 Å². The van der Waals surface area contributed by atoms with E-state index in [4.69, 9.17) is 32.4 Å². The second-order valence-corrected chi connectivity index (χ2v) is 9.32. The molecule has 4 aliphatic rings. The molecule has 1 N–H and O–H groups in total. The molecule has 6 rings (SSSR count). The number of ether oxygens (including phenoxy) is 1. The summed E-state index contributed by atoms with van der Waals surface area (Å²) in [4.78, 5) is 12.7. The van der Waals surface area contributed by atoms with E-state index in [0.717, 1.165) is 11.8 Å². The Hall–Kier alpha value is -1.65. The summed E-state index contributed by atoms with van der Waals surface area (Å²) >= 11 is 12.1. The molecule has 1 aromatic carbocycles. The highest BCUT2D eigenvalue weighted by Crippen LogP contribution is 2.53. The highest BCUT2D eigenvalue weighted by molar-refractivity contribution is 6.42. The number of halogens is 2. The van der Waals surface area contributed by atoms with Gasteiger partial charge >= 0.3 is 0 Å². The molecule has 6 heteroatoms. The summed E-state index contributed by atoms with van der Waals surface area (Å²) in [5, 5.41) is 4.08. The first-order chi connectivity index (χ1) is 13.6. The highest BCUT2D eigenvalue weighted by atomic mass is 35.5. The molecule has 4 aliphatic carbocycles. The van der Waals surface area contributed by atoms with Crippen LogP contribution in [0.3, 0.4) is 0 Å². The summed E-state index contributed by atoms with van der Waals surface area (Å²) < 4.78 is 11.4. The molecule has 0 unspecified atom stereocenters. The second-order valence-electron chi connectivity index (χ2n) is 8.54. The van der Waals surface area contributed by atoms with E-state index < -0.39 is 0 Å². The lowest BCUT2D eigenvalue weighted by Gasteiger charge is -2.54. The van der Waals surface area contributed by atoms with Gasteiger partial charge in [0.25, 0.3) is 5.91 Å². The van der Waals surface area contributed by atoms with E-state index in [9.17, 15) is 4.79 Å². The Bertz CT molecular complexity index is 866. The zero-order valence-electron chi connectivity index (χ0n) is 15.5. The third-order valence-corrected chi connectivity index (χ3v) is 7.50. The molecular weight excluding hydrogens is 397 g/mol. The van der Waals surface area contributed by atoms with E-state index in [0.29, 0.717) is 45.2 Å². The third-order valence-electron chi connectivity index (χ3n) is 6.70. The zero-order valence-corrected chi connectivity index (χ0v) is 17.0. The van der Waals surface area contributed by atoms with E-state index in [1.165, 1.54) is 32.1 Å². The molecule has 1 heterocycles. The van der Waals surface area contributed by atoms with Gasteiger partial charge in [0.05, 0.1) is 5.02 Å². The molecule has 0 atom stereocenters. The van der Waals surface area contributed by atoms with Gasteiger partial charge in [-0.25, -0.2) is 0 Å². The summed E-state index contributed by atoms with van der Waals surface area (Å²) in [5.74, 6) is 4.35. The van der Waals surface area contributed by atoms with Crippen molar-refractivity contribution in [1.82, 2.24) is 5.32 Å². The predicted molar refractivity (Wildman–Crippen MR) is 108 cm³/mol. The lowest BCUT2D eigenvalue weighted by molar-refractivity contribution is -0.0123. The van der Waals surface area contributed by atoms with Crippen molar-refractivity contribution in [2.24, 2.45) is 23.7 Å². The minimum absolute atomic E-state index is 0.121. The van der Waals surface area contributed by atoms with Crippen LogP contribution in [0.4, 0.5) is 0 Å². The summed E-state index contributed by atoms with van der Waals surface area (Å²) in [6.07, 6.45) is 6.50. The lowest BCUT2D eigenvalue weighted by Crippen LogP contribution is -2.55. The SMILES string of the molecule is O=C(NC1C2CC3CC(C2)CC1C3)c1ccc(COc2cccc(Cl)c2Cl)o1. The van der Waals surface area contributed by atoms with Crippen molar-refractivity contribution in [2.75, 3.05) is 0 Å². The Morgan fingerprint density at radius 3 is 2.46 bits per heavy atom. The molecule has 4 fully saturated rings. The van der Waals surface area contributed by atoms with Gasteiger partial charge in [-0.05, 0) is 80.0 Å². The van der Waals surface area contributed by atoms with E-state index in [2.05, 4.69) is 5.32 Å². The predicted octanol–water partition coefficient (Wildman–Crippen LogP) is 5.72. The fraction of sp³-hybridized carbons (Fsp3) is 0.500. The normalized spacial score (nSPS) is 30.4. The molecular formula is C22H23Cl2NO3. The van der Waals surface area contributed by atoms with Gasteiger partial charge in [0.1, 0.15) is 23.1 Å². The number of carbonyl (C=O) groups excluding carboxylic acids is 1. The van der Waals surface area contributed by atoms with Crippen LogP contribution < -0.4 is 10.1 Å². The average molecular weight is 420 g/mol. The van der Waals surface area contributed by atoms with Crippen molar-refractivity contribution in [3.63, 3.8) is 0 Å². The highest BCUT2D eigenvalue weighted by Gasteiger charge is 2.48. The Kier molecular flexibility index (Phi) is 4.80. The molecule has 148 valence electrons. The molecule has 0 aliphatic heterocycles. The zero-order chi connectivity index (χ0) is 19.3. The number of benzene rings is 1. The number of amides is 1. The molecule has 2 aromatic rings. The molecule has 1 amide bonds. The van der Waals surface area contributed by atoms with E-state index >= 15 is 0 Å². The van der Waals surface area contributed by atoms with E-state index in [-0.39, 0.29) is 12.5 Å². The van der Waals surface area contributed by atoms with Crippen molar-refractivity contribution >= 4 is 29.1 Å². The average Bonchev–Trinajstić information content (AvgIpc) is 3.14. The summed E-state index contributed by atoms with van der Waals surface area (Å²) in [6.45, 7) is 0.186. The fourth-order valence-electron chi connectivity index (χ4n) is 5.71. The van der Waals surface area contributed by atoms with Gasteiger partial charge in [0, 0.05) is 6.04 Å². The van der Waals surface area contributed by atoms with Crippen LogP contribution in [0.1, 0.15) is 48.4 Å². The maximum atomic E-state index is 12.7. The maximum absolute atomic E-state index is 12.7. The Morgan fingerprint density at radius 1 is 1.04 bits per heavy atom. The van der Waals surface area contributed by atoms with Gasteiger partial charge < -0.3 is 14.5 Å². The molecule has 0 spiro atoms. The fourth-order valence-corrected chi connectivity index (χ4v) is 6.05. The van der Waals surface area contributed by atoms with Crippen molar-refractivity contribution in [2.45, 2.75) is 44.8 Å². The Labute approximate surface area is 174 Å². The van der Waals surface area contributed by atoms with Crippen molar-refractivity contribution in [3.05, 3.63) is 51.9 Å². The molecule has 28 heavy (non-hydrogen) atoms. The van der Waals surface area contributed by atoms with Gasteiger partial charge in [-0.1, -0.05) is 29.3 Å². The van der Waals surface area contributed by atoms with Crippen LogP contribution in [-0.2, 0) is 6.61 Å². The smallest absolute Gasteiger partial charge is 0.287 e. The minimum Gasteiger partial charge on any atom is -0.484 e. The monoisotopic (exact) mass is 419 g/mol. The summed E-state index contributed by atoms with van der Waals surface area (Å²) in [5.41, 5.74) is 0. The van der Waals surface area contributed by atoms with Crippen LogP contribution in [0.15, 0.2) is 34.7 Å². The molecule has 0 radical (unpaired) electrons. The standard InChI is InChI=1S/C22H23Cl2NO3/c23-17-2-1-3-18(20(17)24)27-11-16-4-5-19(28-16)22(26)25-21-14-7-12-6-13(9-14)10-15(21)8-12/h1-5,12-15,21H,6-11H2,(H,25,26). The first kappa shape index (κ1) is 18.4. The van der Waals surface area contributed by atoms with Crippen LogP contribution in [0.2, 0.25) is 10.0 Å². The number of nitrogens with one attached hydrogen (secondary N) is 1. The topological polar surface area (TPSA) is 51.5 Å². The van der Waals surface area contributed by atoms with Crippen molar-refractivity contribution < 1.29 is 13.9 Å². The first-order valence-corrected chi connectivity index (χ1v) is 10.8. The maximum Gasteiger partial charge on any atom is 0.287 e. The van der Waals surface area contributed by atoms with Crippen LogP contribution in [0, 0.1) is 23.7 Å². The summed E-state index contributed by atoms with van der Waals surface area (Å²) in [7, 11) is 0. The van der Waals surface area contributed by atoms with Crippen LogP contribution in [-0.4, -0.2) is 11.9 Å². The van der Waals surface area contributed by atoms with E-state index in [1.807, 2.05) is 0 Å². The van der Waals surface area contributed by atoms with E-state index in [1.54, 1.807) is 30.3 Å². The number of rotatable bonds is 5. The number of furan rings is 1. The second kappa shape index (κ2) is 7.31. The molecule has 1 aromatic heterocycles. The van der Waals surface area contributed by atoms with Gasteiger partial charge in [-0.2, -0.15) is 0 Å². The Morgan fingerprint density at radius 2 is 1.75 bits per heavy atom. The van der Waals surface area contributed by atoms with Crippen molar-refractivity contribution in [1.29, 1.82) is 0 Å². The lowest BCUT2D eigenvalue weighted by atomic mass is 9.54. The Balaban J connectivity index is 1.21. The molecule has 4 bridgehead atoms. The molecule has 4 nitrogen and oxygen atoms in total. The largest absolute Gasteiger partial charge is 0.484 e. The summed E-state index contributed by atoms with van der Waals surface area (Å²) in [6, 6.07) is 9.01. The van der Waals surface area contributed by atoms with Crippen molar-refractivity contribution in [3.8, 4) is 5.75 Å². The van der Waals surface area contributed by atoms with Gasteiger partial charge in [-0.3, -0.25) is 4.79 Å². The third kappa shape index (κ3) is 3.42. The molecule has 0 saturated heterocycles. The minimum atomic E-state index is -0.121. The van der Waals surface area contributed by atoms with Gasteiger partial charge in [0.15, 0.2) is 5.76 Å². The van der Waals surface area contributed by atoms with Crippen LogP contribution >= 0.6 is 23.2 Å². The first-order valence-electron chi connectivity index (χ1n) is 10.0. The number of hydrogen-bond acceptors (Lipinski definition) is 3. The van der Waals surface area contributed by atoms with Gasteiger partial charge in [0.2, 0.25) is 0 Å². The van der Waals surface area contributed by atoms with Crippen LogP contribution in [0.5, 0.6) is 5.75 Å². The quantitative estimate of drug-likeness (QED) is 0.673.